The maximum atomic E-state index is 12.3. The fourth-order valence-electron chi connectivity index (χ4n) is 3.24. The Balaban J connectivity index is 1.47. The molecule has 7 heteroatoms. The van der Waals surface area contributed by atoms with E-state index in [2.05, 4.69) is 41.0 Å². The van der Waals surface area contributed by atoms with Crippen molar-refractivity contribution in [3.05, 3.63) is 46.7 Å². The lowest BCUT2D eigenvalue weighted by atomic mass is 10.0. The van der Waals surface area contributed by atoms with Crippen molar-refractivity contribution in [2.45, 2.75) is 25.8 Å². The predicted molar refractivity (Wildman–Crippen MR) is 107 cm³/mol. The highest BCUT2D eigenvalue weighted by Gasteiger charge is 2.25. The number of carbonyl (C=O) groups is 1. The maximum Gasteiger partial charge on any atom is 0.238 e. The van der Waals surface area contributed by atoms with Crippen LogP contribution in [-0.4, -0.2) is 53.5 Å². The summed E-state index contributed by atoms with van der Waals surface area (Å²) in [5, 5.41) is 2.98. The van der Waals surface area contributed by atoms with Crippen LogP contribution in [0.2, 0.25) is 0 Å². The maximum absolute atomic E-state index is 12.3. The normalized spacial score (nSPS) is 15.7. The fourth-order valence-corrected chi connectivity index (χ4v) is 3.45. The van der Waals surface area contributed by atoms with Gasteiger partial charge in [0.2, 0.25) is 11.9 Å². The number of hydrogen-bond donors (Lipinski definition) is 1. The van der Waals surface area contributed by atoms with Gasteiger partial charge in [0, 0.05) is 44.3 Å². The Morgan fingerprint density at radius 2 is 2.00 bits per heavy atom. The summed E-state index contributed by atoms with van der Waals surface area (Å²) in [7, 11) is 2.04. The van der Waals surface area contributed by atoms with Gasteiger partial charge in [-0.25, -0.2) is 9.97 Å². The van der Waals surface area contributed by atoms with Crippen molar-refractivity contribution < 1.29 is 4.79 Å². The van der Waals surface area contributed by atoms with E-state index in [9.17, 15) is 4.79 Å². The van der Waals surface area contributed by atoms with Crippen molar-refractivity contribution in [3.63, 3.8) is 0 Å². The molecular weight excluding hydrogens is 394 g/mol. The van der Waals surface area contributed by atoms with Crippen LogP contribution in [0.25, 0.3) is 0 Å². The van der Waals surface area contributed by atoms with E-state index in [1.54, 1.807) is 12.4 Å². The van der Waals surface area contributed by atoms with Gasteiger partial charge in [-0.3, -0.25) is 9.69 Å². The minimum Gasteiger partial charge on any atom is -0.341 e. The van der Waals surface area contributed by atoms with Gasteiger partial charge in [0.15, 0.2) is 0 Å². The van der Waals surface area contributed by atoms with Crippen LogP contribution in [0.4, 0.5) is 11.6 Å². The quantitative estimate of drug-likeness (QED) is 0.809. The minimum atomic E-state index is 0.0404. The van der Waals surface area contributed by atoms with E-state index < -0.39 is 0 Å². The number of nitrogens with zero attached hydrogens (tertiary/aromatic N) is 4. The molecule has 1 fully saturated rings. The average molecular weight is 418 g/mol. The van der Waals surface area contributed by atoms with E-state index in [1.807, 2.05) is 38.2 Å². The Morgan fingerprint density at radius 3 is 2.65 bits per heavy atom. The number of benzene rings is 1. The lowest BCUT2D eigenvalue weighted by molar-refractivity contribution is -0.117. The Kier molecular flexibility index (Phi) is 6.21. The minimum absolute atomic E-state index is 0.0404. The third-order valence-electron chi connectivity index (χ3n) is 4.70. The number of aryl methyl sites for hydroxylation is 1. The van der Waals surface area contributed by atoms with Crippen molar-refractivity contribution in [1.82, 2.24) is 14.9 Å². The molecule has 1 N–H and O–H groups in total. The van der Waals surface area contributed by atoms with Gasteiger partial charge in [-0.1, -0.05) is 12.1 Å². The standard InChI is InChI=1S/C19H24BrN5O/c1-14-4-3-5-16(10-14)23-18(26)13-25-8-6-17(7-9-25)24(2)19-21-11-15(20)12-22-19/h3-5,10-12,17H,6-9,13H2,1-2H3,(H,23,26). The molecule has 1 amide bonds. The summed E-state index contributed by atoms with van der Waals surface area (Å²) < 4.78 is 0.879. The molecule has 0 bridgehead atoms. The number of amides is 1. The molecule has 1 aromatic heterocycles. The molecule has 0 spiro atoms. The van der Waals surface area contributed by atoms with Crippen LogP contribution in [0.5, 0.6) is 0 Å². The lowest BCUT2D eigenvalue weighted by Gasteiger charge is -2.36. The molecule has 138 valence electrons. The molecule has 3 rings (SSSR count). The number of halogens is 1. The van der Waals surface area contributed by atoms with Gasteiger partial charge in [0.1, 0.15) is 0 Å². The zero-order chi connectivity index (χ0) is 18.5. The van der Waals surface area contributed by atoms with Crippen LogP contribution in [0.15, 0.2) is 41.1 Å². The Hall–Kier alpha value is -1.99. The van der Waals surface area contributed by atoms with Crippen molar-refractivity contribution in [2.24, 2.45) is 0 Å². The van der Waals surface area contributed by atoms with Gasteiger partial charge in [-0.15, -0.1) is 0 Å². The van der Waals surface area contributed by atoms with E-state index in [-0.39, 0.29) is 5.91 Å². The molecule has 2 heterocycles. The van der Waals surface area contributed by atoms with Gasteiger partial charge >= 0.3 is 0 Å². The van der Waals surface area contributed by atoms with Crippen molar-refractivity contribution >= 4 is 33.5 Å². The first-order valence-corrected chi connectivity index (χ1v) is 9.60. The summed E-state index contributed by atoms with van der Waals surface area (Å²) in [6.07, 6.45) is 5.52. The number of piperidine rings is 1. The van der Waals surface area contributed by atoms with Crippen LogP contribution < -0.4 is 10.2 Å². The third-order valence-corrected chi connectivity index (χ3v) is 5.11. The summed E-state index contributed by atoms with van der Waals surface area (Å²) in [5.41, 5.74) is 2.00. The van der Waals surface area contributed by atoms with Crippen LogP contribution >= 0.6 is 15.9 Å². The van der Waals surface area contributed by atoms with Crippen LogP contribution in [-0.2, 0) is 4.79 Å². The molecule has 0 atom stereocenters. The number of likely N-dealkylation sites (tertiary alicyclic amines) is 1. The number of nitrogens with one attached hydrogen (secondary N) is 1. The second kappa shape index (κ2) is 8.60. The van der Waals surface area contributed by atoms with E-state index >= 15 is 0 Å². The number of rotatable bonds is 5. The highest BCUT2D eigenvalue weighted by atomic mass is 79.9. The molecule has 1 aliphatic rings. The smallest absolute Gasteiger partial charge is 0.238 e. The predicted octanol–water partition coefficient (Wildman–Crippen LogP) is 3.09. The first-order chi connectivity index (χ1) is 12.5. The summed E-state index contributed by atoms with van der Waals surface area (Å²) in [4.78, 5) is 25.3. The van der Waals surface area contributed by atoms with Crippen molar-refractivity contribution in [3.8, 4) is 0 Å². The van der Waals surface area contributed by atoms with Crippen LogP contribution in [0.1, 0.15) is 18.4 Å². The zero-order valence-corrected chi connectivity index (χ0v) is 16.7. The number of hydrogen-bond acceptors (Lipinski definition) is 5. The average Bonchev–Trinajstić information content (AvgIpc) is 2.62. The summed E-state index contributed by atoms with van der Waals surface area (Å²) in [6.45, 7) is 4.24. The Labute approximate surface area is 162 Å². The van der Waals surface area contributed by atoms with Crippen LogP contribution in [0, 0.1) is 6.92 Å². The molecule has 6 nitrogen and oxygen atoms in total. The van der Waals surface area contributed by atoms with Gasteiger partial charge in [-0.2, -0.15) is 0 Å². The summed E-state index contributed by atoms with van der Waals surface area (Å²) >= 11 is 3.36. The van der Waals surface area contributed by atoms with Gasteiger partial charge in [0.05, 0.1) is 11.0 Å². The molecule has 0 saturated carbocycles. The molecule has 0 aliphatic carbocycles. The van der Waals surface area contributed by atoms with Gasteiger partial charge < -0.3 is 10.2 Å². The molecule has 1 aromatic carbocycles. The second-order valence-electron chi connectivity index (χ2n) is 6.74. The Morgan fingerprint density at radius 1 is 1.31 bits per heavy atom. The largest absolute Gasteiger partial charge is 0.341 e. The van der Waals surface area contributed by atoms with E-state index in [0.717, 1.165) is 47.6 Å². The third kappa shape index (κ3) is 5.02. The van der Waals surface area contributed by atoms with E-state index in [0.29, 0.717) is 12.6 Å². The highest BCUT2D eigenvalue weighted by Crippen LogP contribution is 2.20. The van der Waals surface area contributed by atoms with Gasteiger partial charge in [0.25, 0.3) is 0 Å². The van der Waals surface area contributed by atoms with Crippen molar-refractivity contribution in [2.75, 3.05) is 36.9 Å². The SMILES string of the molecule is Cc1cccc(NC(=O)CN2CCC(N(C)c3ncc(Br)cn3)CC2)c1. The first-order valence-electron chi connectivity index (χ1n) is 8.80. The molecule has 0 unspecified atom stereocenters. The topological polar surface area (TPSA) is 61.4 Å². The lowest BCUT2D eigenvalue weighted by Crippen LogP contribution is -2.46. The Bertz CT molecular complexity index is 744. The van der Waals surface area contributed by atoms with Crippen LogP contribution in [0.3, 0.4) is 0 Å². The zero-order valence-electron chi connectivity index (χ0n) is 15.2. The molecule has 1 aliphatic heterocycles. The first kappa shape index (κ1) is 18.8. The van der Waals surface area contributed by atoms with Crippen molar-refractivity contribution in [1.29, 1.82) is 0 Å². The highest BCUT2D eigenvalue weighted by molar-refractivity contribution is 9.10. The summed E-state index contributed by atoms with van der Waals surface area (Å²) in [5.74, 6) is 0.780. The summed E-state index contributed by atoms with van der Waals surface area (Å²) in [6, 6.07) is 8.27. The number of carbonyl (C=O) groups excluding carboxylic acids is 1. The monoisotopic (exact) mass is 417 g/mol. The second-order valence-corrected chi connectivity index (χ2v) is 7.65. The number of anilines is 2. The van der Waals surface area contributed by atoms with Gasteiger partial charge in [-0.05, 0) is 53.4 Å². The molecule has 0 radical (unpaired) electrons. The molecular formula is C19H24BrN5O. The van der Waals surface area contributed by atoms with E-state index in [4.69, 9.17) is 0 Å². The number of aromatic nitrogens is 2. The molecule has 26 heavy (non-hydrogen) atoms. The molecule has 2 aromatic rings. The fraction of sp³-hybridized carbons (Fsp3) is 0.421. The molecule has 1 saturated heterocycles. The van der Waals surface area contributed by atoms with E-state index in [1.165, 1.54) is 0 Å².